The van der Waals surface area contributed by atoms with Crippen molar-refractivity contribution in [3.8, 4) is 0 Å². The van der Waals surface area contributed by atoms with Crippen molar-refractivity contribution in [2.75, 3.05) is 6.61 Å². The Morgan fingerprint density at radius 3 is 2.06 bits per heavy atom. The Labute approximate surface area is 102 Å². The lowest BCUT2D eigenvalue weighted by Crippen LogP contribution is -1.99. The molecule has 1 N–H and O–H groups in total. The fraction of sp³-hybridized carbons (Fsp3) is 0.125. The van der Waals surface area contributed by atoms with Crippen LogP contribution in [0.25, 0.3) is 6.08 Å². The molecule has 0 aliphatic carbocycles. The van der Waals surface area contributed by atoms with Gasteiger partial charge in [-0.15, -0.1) is 0 Å². The normalized spacial score (nSPS) is 12.8. The third-order valence-corrected chi connectivity index (χ3v) is 2.74. The number of aliphatic hydroxyl groups is 1. The molecule has 0 radical (unpaired) electrons. The van der Waals surface area contributed by atoms with Crippen molar-refractivity contribution in [2.45, 2.75) is 5.92 Å². The molecule has 0 aromatic heterocycles. The molecular weight excluding hydrogens is 208 g/mol. The largest absolute Gasteiger partial charge is 0.395 e. The van der Waals surface area contributed by atoms with Crippen LogP contribution in [0.3, 0.4) is 0 Å². The molecule has 0 amide bonds. The highest BCUT2D eigenvalue weighted by molar-refractivity contribution is 5.50. The Kier molecular flexibility index (Phi) is 4.11. The molecule has 2 rings (SSSR count). The van der Waals surface area contributed by atoms with Crippen molar-refractivity contribution in [3.63, 3.8) is 0 Å². The molecule has 86 valence electrons. The van der Waals surface area contributed by atoms with Gasteiger partial charge >= 0.3 is 0 Å². The molecule has 1 unspecified atom stereocenters. The SMILES string of the molecule is OCC(C=Cc1ccccc1)c1ccccc1. The molecular formula is C16H16O. The minimum atomic E-state index is 0.0661. The van der Waals surface area contributed by atoms with E-state index in [2.05, 4.69) is 12.1 Å². The molecule has 2 aromatic carbocycles. The molecule has 17 heavy (non-hydrogen) atoms. The zero-order valence-corrected chi connectivity index (χ0v) is 9.66. The summed E-state index contributed by atoms with van der Waals surface area (Å²) in [5.74, 6) is 0.0661. The van der Waals surface area contributed by atoms with Crippen LogP contribution < -0.4 is 0 Å². The van der Waals surface area contributed by atoms with Crippen LogP contribution in [0.4, 0.5) is 0 Å². The standard InChI is InChI=1S/C16H16O/c17-13-16(15-9-5-2-6-10-15)12-11-14-7-3-1-4-8-14/h1-12,16-17H,13H2. The van der Waals surface area contributed by atoms with Crippen LogP contribution >= 0.6 is 0 Å². The molecule has 0 spiro atoms. The second-order valence-corrected chi connectivity index (χ2v) is 3.97. The Morgan fingerprint density at radius 2 is 1.47 bits per heavy atom. The van der Waals surface area contributed by atoms with Gasteiger partial charge in [0.1, 0.15) is 0 Å². The van der Waals surface area contributed by atoms with Crippen LogP contribution in [0.15, 0.2) is 66.7 Å². The maximum Gasteiger partial charge on any atom is 0.0534 e. The van der Waals surface area contributed by atoms with Gasteiger partial charge in [0.2, 0.25) is 0 Å². The fourth-order valence-corrected chi connectivity index (χ4v) is 1.77. The summed E-state index contributed by atoms with van der Waals surface area (Å²) in [7, 11) is 0. The zero-order chi connectivity index (χ0) is 11.9. The number of benzene rings is 2. The van der Waals surface area contributed by atoms with E-state index in [1.54, 1.807) is 0 Å². The minimum Gasteiger partial charge on any atom is -0.395 e. The van der Waals surface area contributed by atoms with Crippen LogP contribution in [0.5, 0.6) is 0 Å². The van der Waals surface area contributed by atoms with Crippen molar-refractivity contribution in [1.82, 2.24) is 0 Å². The van der Waals surface area contributed by atoms with Gasteiger partial charge in [-0.3, -0.25) is 0 Å². The van der Waals surface area contributed by atoms with Crippen LogP contribution in [0, 0.1) is 0 Å². The van der Waals surface area contributed by atoms with E-state index in [9.17, 15) is 5.11 Å². The predicted octanol–water partition coefficient (Wildman–Crippen LogP) is 3.48. The van der Waals surface area contributed by atoms with Crippen molar-refractivity contribution in [1.29, 1.82) is 0 Å². The van der Waals surface area contributed by atoms with E-state index in [4.69, 9.17) is 0 Å². The highest BCUT2D eigenvalue weighted by Crippen LogP contribution is 2.17. The van der Waals surface area contributed by atoms with Gasteiger partial charge in [0.05, 0.1) is 6.61 Å². The monoisotopic (exact) mass is 224 g/mol. The molecule has 0 saturated carbocycles. The number of rotatable bonds is 4. The molecule has 1 nitrogen and oxygen atoms in total. The Morgan fingerprint density at radius 1 is 0.882 bits per heavy atom. The topological polar surface area (TPSA) is 20.2 Å². The summed E-state index contributed by atoms with van der Waals surface area (Å²) in [4.78, 5) is 0. The van der Waals surface area contributed by atoms with Crippen molar-refractivity contribution in [2.24, 2.45) is 0 Å². The summed E-state index contributed by atoms with van der Waals surface area (Å²) in [5.41, 5.74) is 2.30. The van der Waals surface area contributed by atoms with Crippen LogP contribution in [-0.2, 0) is 0 Å². The van der Waals surface area contributed by atoms with Gasteiger partial charge < -0.3 is 5.11 Å². The van der Waals surface area contributed by atoms with Gasteiger partial charge in [-0.25, -0.2) is 0 Å². The molecule has 0 aliphatic rings. The third kappa shape index (κ3) is 3.30. The highest BCUT2D eigenvalue weighted by Gasteiger charge is 2.04. The number of hydrogen-bond donors (Lipinski definition) is 1. The summed E-state index contributed by atoms with van der Waals surface area (Å²) in [6, 6.07) is 20.2. The summed E-state index contributed by atoms with van der Waals surface area (Å²) in [6.07, 6.45) is 4.10. The zero-order valence-electron chi connectivity index (χ0n) is 9.66. The van der Waals surface area contributed by atoms with Gasteiger partial charge in [-0.1, -0.05) is 72.8 Å². The van der Waals surface area contributed by atoms with E-state index in [-0.39, 0.29) is 12.5 Å². The van der Waals surface area contributed by atoms with E-state index in [0.29, 0.717) is 0 Å². The first-order valence-electron chi connectivity index (χ1n) is 5.79. The Balaban J connectivity index is 2.14. The average Bonchev–Trinajstić information content (AvgIpc) is 2.42. The number of aliphatic hydroxyl groups excluding tert-OH is 1. The maximum absolute atomic E-state index is 9.41. The first-order chi connectivity index (χ1) is 8.40. The van der Waals surface area contributed by atoms with Gasteiger partial charge in [0, 0.05) is 5.92 Å². The van der Waals surface area contributed by atoms with Gasteiger partial charge in [0.25, 0.3) is 0 Å². The molecule has 1 heteroatoms. The Hall–Kier alpha value is -1.86. The fourth-order valence-electron chi connectivity index (χ4n) is 1.77. The Bertz CT molecular complexity index is 459. The van der Waals surface area contributed by atoms with Crippen molar-refractivity contribution >= 4 is 6.08 Å². The van der Waals surface area contributed by atoms with Gasteiger partial charge in [-0.2, -0.15) is 0 Å². The van der Waals surface area contributed by atoms with Crippen LogP contribution in [-0.4, -0.2) is 11.7 Å². The molecule has 0 heterocycles. The molecule has 0 fully saturated rings. The molecule has 0 saturated heterocycles. The van der Waals surface area contributed by atoms with Crippen molar-refractivity contribution in [3.05, 3.63) is 77.9 Å². The third-order valence-electron chi connectivity index (χ3n) is 2.74. The smallest absolute Gasteiger partial charge is 0.0534 e. The lowest BCUT2D eigenvalue weighted by molar-refractivity contribution is 0.284. The molecule has 0 bridgehead atoms. The first kappa shape index (κ1) is 11.6. The second kappa shape index (κ2) is 6.02. The summed E-state index contributed by atoms with van der Waals surface area (Å²) >= 11 is 0. The van der Waals surface area contributed by atoms with E-state index in [1.807, 2.05) is 60.7 Å². The summed E-state index contributed by atoms with van der Waals surface area (Å²) in [5, 5.41) is 9.41. The van der Waals surface area contributed by atoms with Gasteiger partial charge in [-0.05, 0) is 11.1 Å². The van der Waals surface area contributed by atoms with Crippen LogP contribution in [0.1, 0.15) is 17.0 Å². The van der Waals surface area contributed by atoms with E-state index < -0.39 is 0 Å². The summed E-state index contributed by atoms with van der Waals surface area (Å²) < 4.78 is 0. The average molecular weight is 224 g/mol. The lowest BCUT2D eigenvalue weighted by atomic mass is 9.99. The predicted molar refractivity (Wildman–Crippen MR) is 71.7 cm³/mol. The first-order valence-corrected chi connectivity index (χ1v) is 5.79. The van der Waals surface area contributed by atoms with Gasteiger partial charge in [0.15, 0.2) is 0 Å². The maximum atomic E-state index is 9.41. The molecule has 2 aromatic rings. The summed E-state index contributed by atoms with van der Waals surface area (Å²) in [6.45, 7) is 0.132. The highest BCUT2D eigenvalue weighted by atomic mass is 16.3. The lowest BCUT2D eigenvalue weighted by Gasteiger charge is -2.09. The van der Waals surface area contributed by atoms with E-state index in [1.165, 1.54) is 0 Å². The van der Waals surface area contributed by atoms with E-state index >= 15 is 0 Å². The van der Waals surface area contributed by atoms with E-state index in [0.717, 1.165) is 11.1 Å². The minimum absolute atomic E-state index is 0.0661. The van der Waals surface area contributed by atoms with Crippen molar-refractivity contribution < 1.29 is 5.11 Å². The number of hydrogen-bond acceptors (Lipinski definition) is 1. The van der Waals surface area contributed by atoms with Crippen LogP contribution in [0.2, 0.25) is 0 Å². The quantitative estimate of drug-likeness (QED) is 0.843. The second-order valence-electron chi connectivity index (χ2n) is 3.97. The molecule has 0 aliphatic heterocycles. The molecule has 1 atom stereocenters.